The Hall–Kier alpha value is -2.13. The van der Waals surface area contributed by atoms with E-state index in [1.54, 1.807) is 26.8 Å². The summed E-state index contributed by atoms with van der Waals surface area (Å²) in [4.78, 5) is 22.5. The van der Waals surface area contributed by atoms with E-state index in [1.165, 1.54) is 16.4 Å². The molecule has 0 aromatic heterocycles. The van der Waals surface area contributed by atoms with Crippen molar-refractivity contribution in [2.24, 2.45) is 0 Å². The van der Waals surface area contributed by atoms with Gasteiger partial charge in [-0.2, -0.15) is 0 Å². The zero-order chi connectivity index (χ0) is 18.3. The van der Waals surface area contributed by atoms with Crippen LogP contribution in [-0.4, -0.2) is 55.2 Å². The van der Waals surface area contributed by atoms with Gasteiger partial charge < -0.3 is 15.2 Å². The van der Waals surface area contributed by atoms with Gasteiger partial charge in [-0.05, 0) is 30.7 Å². The van der Waals surface area contributed by atoms with Crippen molar-refractivity contribution in [3.05, 3.63) is 23.8 Å². The second kappa shape index (κ2) is 8.65. The largest absolute Gasteiger partial charge is 0.482 e. The molecule has 0 aliphatic rings. The number of aliphatic carboxylic acids is 1. The van der Waals surface area contributed by atoms with Crippen LogP contribution in [0.5, 0.6) is 5.75 Å². The lowest BCUT2D eigenvalue weighted by atomic mass is 10.2. The van der Waals surface area contributed by atoms with Crippen molar-refractivity contribution in [3.8, 4) is 5.75 Å². The number of hydrogen-bond donors (Lipinski definition) is 2. The number of ether oxygens (including phenoxy) is 1. The topological polar surface area (TPSA) is 113 Å². The predicted octanol–water partition coefficient (Wildman–Crippen LogP) is 1.07. The summed E-state index contributed by atoms with van der Waals surface area (Å²) in [7, 11) is -3.65. The van der Waals surface area contributed by atoms with E-state index in [1.807, 2.05) is 0 Å². The molecule has 24 heavy (non-hydrogen) atoms. The molecule has 0 saturated carbocycles. The van der Waals surface area contributed by atoms with Crippen LogP contribution in [-0.2, 0) is 19.6 Å². The number of carbonyl (C=O) groups is 2. The second-order valence-corrected chi connectivity index (χ2v) is 7.02. The number of nitrogens with zero attached hydrogens (tertiary/aromatic N) is 1. The molecule has 0 unspecified atom stereocenters. The molecule has 0 bridgehead atoms. The number of carbonyl (C=O) groups excluding carboxylic acids is 1. The predicted molar refractivity (Wildman–Crippen MR) is 89.6 cm³/mol. The number of carboxylic acids is 1. The van der Waals surface area contributed by atoms with Crippen molar-refractivity contribution >= 4 is 27.6 Å². The standard InChI is InChI=1S/C15H22N2O6S/c1-4-17(5-2)24(21,22)10-14(18)16-13-7-6-12(8-11(13)3)23-9-15(19)20/h6-8H,4-5,9-10H2,1-3H3,(H,16,18)(H,19,20). The number of carboxylic acid groups (broad SMARTS) is 1. The third-order valence-electron chi connectivity index (χ3n) is 3.25. The summed E-state index contributed by atoms with van der Waals surface area (Å²) in [6.45, 7) is 5.26. The SMILES string of the molecule is CCN(CC)S(=O)(=O)CC(=O)Nc1ccc(OCC(=O)O)cc1C. The lowest BCUT2D eigenvalue weighted by Gasteiger charge is -2.18. The van der Waals surface area contributed by atoms with Gasteiger partial charge in [0.15, 0.2) is 6.61 Å². The van der Waals surface area contributed by atoms with Crippen LogP contribution in [0.3, 0.4) is 0 Å². The number of anilines is 1. The fraction of sp³-hybridized carbons (Fsp3) is 0.467. The molecule has 1 aromatic carbocycles. The van der Waals surface area contributed by atoms with E-state index >= 15 is 0 Å². The van der Waals surface area contributed by atoms with Crippen molar-refractivity contribution in [1.29, 1.82) is 0 Å². The van der Waals surface area contributed by atoms with Crippen molar-refractivity contribution in [2.45, 2.75) is 20.8 Å². The molecule has 0 atom stereocenters. The fourth-order valence-electron chi connectivity index (χ4n) is 2.07. The van der Waals surface area contributed by atoms with Crippen LogP contribution in [0, 0.1) is 6.92 Å². The van der Waals surface area contributed by atoms with Gasteiger partial charge in [0.1, 0.15) is 11.5 Å². The van der Waals surface area contributed by atoms with E-state index in [9.17, 15) is 18.0 Å². The van der Waals surface area contributed by atoms with Gasteiger partial charge in [-0.1, -0.05) is 13.8 Å². The average Bonchev–Trinajstić information content (AvgIpc) is 2.47. The Morgan fingerprint density at radius 1 is 1.25 bits per heavy atom. The minimum Gasteiger partial charge on any atom is -0.482 e. The Kier molecular flexibility index (Phi) is 7.18. The number of aryl methyl sites for hydroxylation is 1. The number of benzene rings is 1. The zero-order valence-corrected chi connectivity index (χ0v) is 14.7. The van der Waals surface area contributed by atoms with E-state index in [2.05, 4.69) is 5.32 Å². The van der Waals surface area contributed by atoms with E-state index < -0.39 is 34.3 Å². The second-order valence-electron chi connectivity index (χ2n) is 5.05. The molecule has 0 spiro atoms. The van der Waals surface area contributed by atoms with E-state index in [0.717, 1.165) is 0 Å². The van der Waals surface area contributed by atoms with Crippen molar-refractivity contribution in [3.63, 3.8) is 0 Å². The number of nitrogens with one attached hydrogen (secondary N) is 1. The average molecular weight is 358 g/mol. The maximum absolute atomic E-state index is 12.1. The summed E-state index contributed by atoms with van der Waals surface area (Å²) in [5, 5.41) is 11.1. The maximum atomic E-state index is 12.1. The van der Waals surface area contributed by atoms with Gasteiger partial charge in [0, 0.05) is 18.8 Å². The summed E-state index contributed by atoms with van der Waals surface area (Å²) < 4.78 is 30.4. The summed E-state index contributed by atoms with van der Waals surface area (Å²) >= 11 is 0. The van der Waals surface area contributed by atoms with Gasteiger partial charge in [0.05, 0.1) is 0 Å². The molecule has 8 nitrogen and oxygen atoms in total. The Bertz CT molecular complexity index is 698. The molecular weight excluding hydrogens is 336 g/mol. The van der Waals surface area contributed by atoms with Crippen molar-refractivity contribution < 1.29 is 27.9 Å². The molecule has 2 N–H and O–H groups in total. The molecule has 9 heteroatoms. The van der Waals surface area contributed by atoms with Crippen LogP contribution in [0.15, 0.2) is 18.2 Å². The number of hydrogen-bond acceptors (Lipinski definition) is 5. The first kappa shape index (κ1) is 19.9. The highest BCUT2D eigenvalue weighted by Gasteiger charge is 2.23. The molecule has 0 aliphatic carbocycles. The fourth-order valence-corrected chi connectivity index (χ4v) is 3.44. The Labute approximate surface area is 141 Å². The minimum atomic E-state index is -3.65. The van der Waals surface area contributed by atoms with Gasteiger partial charge in [0.2, 0.25) is 15.9 Å². The van der Waals surface area contributed by atoms with Crippen LogP contribution < -0.4 is 10.1 Å². The molecule has 0 aliphatic heterocycles. The quantitative estimate of drug-likeness (QED) is 0.683. The summed E-state index contributed by atoms with van der Waals surface area (Å²) in [6, 6.07) is 4.61. The number of amides is 1. The van der Waals surface area contributed by atoms with Crippen LogP contribution in [0.25, 0.3) is 0 Å². The van der Waals surface area contributed by atoms with Crippen molar-refractivity contribution in [1.82, 2.24) is 4.31 Å². The molecule has 1 rings (SSSR count). The molecular formula is C15H22N2O6S. The molecule has 134 valence electrons. The van der Waals surface area contributed by atoms with Crippen LogP contribution in [0.1, 0.15) is 19.4 Å². The summed E-state index contributed by atoms with van der Waals surface area (Å²) in [6.07, 6.45) is 0. The van der Waals surface area contributed by atoms with Crippen LogP contribution in [0.2, 0.25) is 0 Å². The molecule has 0 saturated heterocycles. The molecule has 0 radical (unpaired) electrons. The van der Waals surface area contributed by atoms with Gasteiger partial charge in [0.25, 0.3) is 0 Å². The number of sulfonamides is 1. The van der Waals surface area contributed by atoms with E-state index in [-0.39, 0.29) is 0 Å². The first-order valence-corrected chi connectivity index (χ1v) is 9.03. The Morgan fingerprint density at radius 2 is 1.88 bits per heavy atom. The van der Waals surface area contributed by atoms with Gasteiger partial charge in [-0.3, -0.25) is 4.79 Å². The van der Waals surface area contributed by atoms with Gasteiger partial charge >= 0.3 is 5.97 Å². The lowest BCUT2D eigenvalue weighted by Crippen LogP contribution is -2.37. The third kappa shape index (κ3) is 5.82. The molecule has 1 aromatic rings. The molecule has 0 heterocycles. The normalized spacial score (nSPS) is 11.3. The van der Waals surface area contributed by atoms with E-state index in [0.29, 0.717) is 30.1 Å². The van der Waals surface area contributed by atoms with Gasteiger partial charge in [-0.25, -0.2) is 17.5 Å². The third-order valence-corrected chi connectivity index (χ3v) is 5.18. The maximum Gasteiger partial charge on any atom is 0.341 e. The summed E-state index contributed by atoms with van der Waals surface area (Å²) in [5.74, 6) is -2.01. The Balaban J connectivity index is 2.75. The molecule has 0 fully saturated rings. The first-order valence-electron chi connectivity index (χ1n) is 7.42. The number of rotatable bonds is 9. The van der Waals surface area contributed by atoms with Crippen LogP contribution in [0.4, 0.5) is 5.69 Å². The zero-order valence-electron chi connectivity index (χ0n) is 13.9. The van der Waals surface area contributed by atoms with Gasteiger partial charge in [-0.15, -0.1) is 0 Å². The minimum absolute atomic E-state index is 0.306. The molecule has 1 amide bonds. The highest BCUT2D eigenvalue weighted by Crippen LogP contribution is 2.21. The highest BCUT2D eigenvalue weighted by molar-refractivity contribution is 7.89. The smallest absolute Gasteiger partial charge is 0.341 e. The van der Waals surface area contributed by atoms with Crippen LogP contribution >= 0.6 is 0 Å². The lowest BCUT2D eigenvalue weighted by molar-refractivity contribution is -0.139. The monoisotopic (exact) mass is 358 g/mol. The summed E-state index contributed by atoms with van der Waals surface area (Å²) in [5.41, 5.74) is 1.07. The van der Waals surface area contributed by atoms with Crippen molar-refractivity contribution in [2.75, 3.05) is 30.8 Å². The first-order chi connectivity index (χ1) is 11.2. The highest BCUT2D eigenvalue weighted by atomic mass is 32.2. The Morgan fingerprint density at radius 3 is 2.38 bits per heavy atom. The van der Waals surface area contributed by atoms with E-state index in [4.69, 9.17) is 9.84 Å².